The van der Waals surface area contributed by atoms with Gasteiger partial charge in [-0.15, -0.1) is 16.4 Å². The van der Waals surface area contributed by atoms with Crippen LogP contribution >= 0.6 is 22.7 Å². The number of thiazole rings is 1. The molecule has 92 valence electrons. The van der Waals surface area contributed by atoms with E-state index in [1.165, 1.54) is 16.2 Å². The Kier molecular flexibility index (Phi) is 2.64. The average molecular weight is 278 g/mol. The molecule has 3 rings (SSSR count). The summed E-state index contributed by atoms with van der Waals surface area (Å²) in [5.41, 5.74) is 1.05. The summed E-state index contributed by atoms with van der Waals surface area (Å²) in [4.78, 5) is 18.8. The third-order valence-corrected chi connectivity index (χ3v) is 4.54. The van der Waals surface area contributed by atoms with Crippen LogP contribution in [0.2, 0.25) is 0 Å². The lowest BCUT2D eigenvalue weighted by Gasteiger charge is -1.96. The number of rotatable bonds is 2. The number of thiophene rings is 1. The van der Waals surface area contributed by atoms with E-state index in [0.29, 0.717) is 10.8 Å². The second kappa shape index (κ2) is 4.18. The predicted molar refractivity (Wildman–Crippen MR) is 72.6 cm³/mol. The Labute approximate surface area is 111 Å². The van der Waals surface area contributed by atoms with Crippen molar-refractivity contribution >= 4 is 39.5 Å². The maximum Gasteiger partial charge on any atom is 0.268 e. The fourth-order valence-electron chi connectivity index (χ4n) is 1.57. The molecule has 0 aliphatic rings. The highest BCUT2D eigenvalue weighted by atomic mass is 32.1. The molecule has 5 nitrogen and oxygen atoms in total. The molecule has 7 heteroatoms. The normalized spacial score (nSPS) is 11.0. The Hall–Kier alpha value is -1.73. The number of hydrogen-bond donors (Lipinski definition) is 1. The summed E-state index contributed by atoms with van der Waals surface area (Å²) >= 11 is 2.96. The van der Waals surface area contributed by atoms with Crippen LogP contribution in [-0.2, 0) is 0 Å². The molecule has 0 unspecified atom stereocenters. The van der Waals surface area contributed by atoms with Gasteiger partial charge in [-0.25, -0.2) is 4.52 Å². The van der Waals surface area contributed by atoms with Crippen molar-refractivity contribution in [2.24, 2.45) is 0 Å². The fraction of sp³-hybridized carbons (Fsp3) is 0.182. The second-order valence-electron chi connectivity index (χ2n) is 3.80. The van der Waals surface area contributed by atoms with Gasteiger partial charge in [0.1, 0.15) is 0 Å². The van der Waals surface area contributed by atoms with E-state index in [-0.39, 0.29) is 5.91 Å². The van der Waals surface area contributed by atoms with Crippen molar-refractivity contribution in [2.45, 2.75) is 13.8 Å². The van der Waals surface area contributed by atoms with Gasteiger partial charge >= 0.3 is 0 Å². The lowest BCUT2D eigenvalue weighted by molar-refractivity contribution is 0.102. The average Bonchev–Trinajstić information content (AvgIpc) is 3.00. The number of aryl methyl sites for hydroxylation is 2. The number of fused-ring (bicyclic) bond motifs is 1. The first kappa shape index (κ1) is 11.4. The van der Waals surface area contributed by atoms with Crippen LogP contribution in [0.15, 0.2) is 17.5 Å². The Balaban J connectivity index is 1.89. The molecular formula is C11H10N4OS2. The number of aromatic nitrogens is 3. The Morgan fingerprint density at radius 1 is 1.44 bits per heavy atom. The van der Waals surface area contributed by atoms with Crippen LogP contribution in [-0.4, -0.2) is 20.5 Å². The van der Waals surface area contributed by atoms with Gasteiger partial charge in [0.25, 0.3) is 11.9 Å². The molecule has 0 aliphatic carbocycles. The smallest absolute Gasteiger partial charge is 0.268 e. The van der Waals surface area contributed by atoms with Crippen LogP contribution in [0.5, 0.6) is 0 Å². The van der Waals surface area contributed by atoms with E-state index in [9.17, 15) is 4.79 Å². The Morgan fingerprint density at radius 3 is 2.94 bits per heavy atom. The molecule has 0 saturated heterocycles. The lowest BCUT2D eigenvalue weighted by atomic mass is 10.4. The highest BCUT2D eigenvalue weighted by molar-refractivity contribution is 7.17. The van der Waals surface area contributed by atoms with Crippen LogP contribution in [0.3, 0.4) is 0 Å². The number of carbonyl (C=O) groups is 1. The van der Waals surface area contributed by atoms with E-state index in [4.69, 9.17) is 0 Å². The minimum atomic E-state index is -0.169. The molecule has 3 aromatic rings. The van der Waals surface area contributed by atoms with Crippen molar-refractivity contribution < 1.29 is 4.79 Å². The van der Waals surface area contributed by atoms with E-state index in [1.54, 1.807) is 21.9 Å². The standard InChI is InChI=1S/C11H10N4OS2/c1-6-7(2)18-11-13-10(14-15(6)11)12-9(16)8-4-3-5-17-8/h3-5H,1-2H3,(H,12,14,16). The summed E-state index contributed by atoms with van der Waals surface area (Å²) in [5.74, 6) is 0.181. The monoisotopic (exact) mass is 278 g/mol. The summed E-state index contributed by atoms with van der Waals surface area (Å²) in [5, 5.41) is 8.84. The maximum atomic E-state index is 11.8. The van der Waals surface area contributed by atoms with Crippen LogP contribution in [0.25, 0.3) is 4.96 Å². The van der Waals surface area contributed by atoms with Gasteiger partial charge < -0.3 is 0 Å². The topological polar surface area (TPSA) is 59.3 Å². The highest BCUT2D eigenvalue weighted by Gasteiger charge is 2.13. The predicted octanol–water partition coefficient (Wildman–Crippen LogP) is 2.72. The third kappa shape index (κ3) is 1.81. The van der Waals surface area contributed by atoms with Crippen LogP contribution in [0.4, 0.5) is 5.95 Å². The highest BCUT2D eigenvalue weighted by Crippen LogP contribution is 2.21. The van der Waals surface area contributed by atoms with E-state index < -0.39 is 0 Å². The SMILES string of the molecule is Cc1sc2nc(NC(=O)c3cccs3)nn2c1C. The van der Waals surface area contributed by atoms with Crippen molar-refractivity contribution in [3.63, 3.8) is 0 Å². The number of nitrogens with one attached hydrogen (secondary N) is 1. The number of anilines is 1. The van der Waals surface area contributed by atoms with Gasteiger partial charge in [0, 0.05) is 4.88 Å². The van der Waals surface area contributed by atoms with Gasteiger partial charge in [0.2, 0.25) is 4.96 Å². The van der Waals surface area contributed by atoms with Gasteiger partial charge in [-0.05, 0) is 25.3 Å². The lowest BCUT2D eigenvalue weighted by Crippen LogP contribution is -2.11. The maximum absolute atomic E-state index is 11.8. The van der Waals surface area contributed by atoms with Gasteiger partial charge in [-0.3, -0.25) is 10.1 Å². The molecule has 18 heavy (non-hydrogen) atoms. The molecule has 0 fully saturated rings. The van der Waals surface area contributed by atoms with Gasteiger partial charge in [-0.1, -0.05) is 17.4 Å². The largest absolute Gasteiger partial charge is 0.288 e. The van der Waals surface area contributed by atoms with E-state index in [2.05, 4.69) is 15.4 Å². The van der Waals surface area contributed by atoms with Crippen LogP contribution in [0, 0.1) is 13.8 Å². The fourth-order valence-corrected chi connectivity index (χ4v) is 3.09. The van der Waals surface area contributed by atoms with E-state index in [0.717, 1.165) is 10.7 Å². The van der Waals surface area contributed by atoms with Crippen molar-refractivity contribution in [1.29, 1.82) is 0 Å². The molecule has 0 radical (unpaired) electrons. The molecule has 0 aromatic carbocycles. The molecule has 3 heterocycles. The minimum Gasteiger partial charge on any atom is -0.288 e. The Bertz CT molecular complexity index is 711. The van der Waals surface area contributed by atoms with Gasteiger partial charge in [-0.2, -0.15) is 4.98 Å². The molecule has 0 atom stereocenters. The van der Waals surface area contributed by atoms with Crippen molar-refractivity contribution in [3.8, 4) is 0 Å². The number of carbonyl (C=O) groups excluding carboxylic acids is 1. The van der Waals surface area contributed by atoms with E-state index >= 15 is 0 Å². The molecule has 0 saturated carbocycles. The summed E-state index contributed by atoms with van der Waals surface area (Å²) in [6, 6.07) is 3.61. The summed E-state index contributed by atoms with van der Waals surface area (Å²) < 4.78 is 1.75. The molecule has 0 spiro atoms. The quantitative estimate of drug-likeness (QED) is 0.784. The zero-order valence-corrected chi connectivity index (χ0v) is 11.4. The molecule has 0 bridgehead atoms. The second-order valence-corrected chi connectivity index (χ2v) is 5.93. The molecule has 3 aromatic heterocycles. The molecule has 1 amide bonds. The van der Waals surface area contributed by atoms with Crippen molar-refractivity contribution in [2.75, 3.05) is 5.32 Å². The Morgan fingerprint density at radius 2 is 2.28 bits per heavy atom. The molecule has 1 N–H and O–H groups in total. The summed E-state index contributed by atoms with van der Waals surface area (Å²) in [7, 11) is 0. The minimum absolute atomic E-state index is 0.169. The first-order valence-electron chi connectivity index (χ1n) is 5.33. The zero-order valence-electron chi connectivity index (χ0n) is 9.80. The molecular weight excluding hydrogens is 268 g/mol. The summed E-state index contributed by atoms with van der Waals surface area (Å²) in [6.45, 7) is 4.01. The number of nitrogens with zero attached hydrogens (tertiary/aromatic N) is 3. The third-order valence-electron chi connectivity index (χ3n) is 2.62. The van der Waals surface area contributed by atoms with Gasteiger partial charge in [0.15, 0.2) is 0 Å². The zero-order chi connectivity index (χ0) is 12.7. The van der Waals surface area contributed by atoms with Crippen molar-refractivity contribution in [1.82, 2.24) is 14.6 Å². The number of hydrogen-bond acceptors (Lipinski definition) is 5. The summed E-state index contributed by atoms with van der Waals surface area (Å²) in [6.07, 6.45) is 0. The van der Waals surface area contributed by atoms with Gasteiger partial charge in [0.05, 0.1) is 10.6 Å². The molecule has 0 aliphatic heterocycles. The van der Waals surface area contributed by atoms with Crippen LogP contribution < -0.4 is 5.32 Å². The first-order valence-corrected chi connectivity index (χ1v) is 7.02. The van der Waals surface area contributed by atoms with E-state index in [1.807, 2.05) is 25.3 Å². The number of amides is 1. The first-order chi connectivity index (χ1) is 8.65. The van der Waals surface area contributed by atoms with Crippen molar-refractivity contribution in [3.05, 3.63) is 33.0 Å². The van der Waals surface area contributed by atoms with Crippen LogP contribution in [0.1, 0.15) is 20.2 Å².